The second-order valence-corrected chi connectivity index (χ2v) is 10.1. The molecule has 2 aromatic rings. The SMILES string of the molecule is O=C(Cc1ccccc1)NCCC1CCOc2cc(S(=O)(=O)CC3CC3)ccc21. The van der Waals surface area contributed by atoms with Crippen LogP contribution >= 0.6 is 0 Å². The summed E-state index contributed by atoms with van der Waals surface area (Å²) in [6.07, 6.45) is 4.09. The highest BCUT2D eigenvalue weighted by atomic mass is 32.2. The fourth-order valence-electron chi connectivity index (χ4n) is 3.86. The van der Waals surface area contributed by atoms with Gasteiger partial charge in [-0.3, -0.25) is 4.79 Å². The predicted octanol–water partition coefficient (Wildman–Crippen LogP) is 3.49. The topological polar surface area (TPSA) is 72.5 Å². The summed E-state index contributed by atoms with van der Waals surface area (Å²) in [5.74, 6) is 1.52. The highest BCUT2D eigenvalue weighted by molar-refractivity contribution is 7.91. The second kappa shape index (κ2) is 8.57. The predicted molar refractivity (Wildman–Crippen MR) is 112 cm³/mol. The molecule has 5 nitrogen and oxygen atoms in total. The third-order valence-electron chi connectivity index (χ3n) is 5.68. The maximum absolute atomic E-state index is 12.5. The first-order valence-electron chi connectivity index (χ1n) is 10.3. The molecule has 0 saturated heterocycles. The number of amides is 1. The molecule has 1 atom stereocenters. The van der Waals surface area contributed by atoms with Crippen LogP contribution in [0, 0.1) is 5.92 Å². The van der Waals surface area contributed by atoms with Gasteiger partial charge in [-0.1, -0.05) is 36.4 Å². The fraction of sp³-hybridized carbons (Fsp3) is 0.435. The lowest BCUT2D eigenvalue weighted by molar-refractivity contribution is -0.120. The van der Waals surface area contributed by atoms with E-state index in [0.717, 1.165) is 36.8 Å². The van der Waals surface area contributed by atoms with Gasteiger partial charge in [0, 0.05) is 6.54 Å². The van der Waals surface area contributed by atoms with Crippen LogP contribution in [0.5, 0.6) is 5.75 Å². The highest BCUT2D eigenvalue weighted by Crippen LogP contribution is 2.38. The summed E-state index contributed by atoms with van der Waals surface area (Å²) in [6.45, 7) is 1.17. The third-order valence-corrected chi connectivity index (χ3v) is 7.56. The van der Waals surface area contributed by atoms with Crippen molar-refractivity contribution in [2.45, 2.75) is 42.9 Å². The van der Waals surface area contributed by atoms with Crippen LogP contribution in [-0.4, -0.2) is 33.2 Å². The van der Waals surface area contributed by atoms with E-state index in [9.17, 15) is 13.2 Å². The quantitative estimate of drug-likeness (QED) is 0.719. The zero-order valence-electron chi connectivity index (χ0n) is 16.5. The Balaban J connectivity index is 1.35. The van der Waals surface area contributed by atoms with Gasteiger partial charge in [-0.2, -0.15) is 0 Å². The molecule has 2 aliphatic rings. The Morgan fingerprint density at radius 3 is 2.62 bits per heavy atom. The molecule has 6 heteroatoms. The number of ether oxygens (including phenoxy) is 1. The molecule has 1 aliphatic heterocycles. The first-order valence-corrected chi connectivity index (χ1v) is 12.0. The molecule has 1 saturated carbocycles. The molecule has 1 unspecified atom stereocenters. The summed E-state index contributed by atoms with van der Waals surface area (Å²) < 4.78 is 30.9. The van der Waals surface area contributed by atoms with E-state index in [-0.39, 0.29) is 17.6 Å². The van der Waals surface area contributed by atoms with Crippen LogP contribution in [-0.2, 0) is 21.1 Å². The number of hydrogen-bond acceptors (Lipinski definition) is 4. The normalized spacial score (nSPS) is 18.6. The van der Waals surface area contributed by atoms with Gasteiger partial charge in [0.2, 0.25) is 5.91 Å². The van der Waals surface area contributed by atoms with E-state index in [1.54, 1.807) is 12.1 Å². The van der Waals surface area contributed by atoms with Crippen molar-refractivity contribution >= 4 is 15.7 Å². The molecule has 154 valence electrons. The van der Waals surface area contributed by atoms with Crippen LogP contribution in [0.4, 0.5) is 0 Å². The van der Waals surface area contributed by atoms with Crippen LogP contribution < -0.4 is 10.1 Å². The molecule has 0 bridgehead atoms. The molecule has 1 N–H and O–H groups in total. The average molecular weight is 414 g/mol. The van der Waals surface area contributed by atoms with Crippen LogP contribution in [0.25, 0.3) is 0 Å². The molecule has 4 rings (SSSR count). The van der Waals surface area contributed by atoms with E-state index in [0.29, 0.717) is 36.1 Å². The van der Waals surface area contributed by atoms with E-state index >= 15 is 0 Å². The van der Waals surface area contributed by atoms with Gasteiger partial charge in [0.25, 0.3) is 0 Å². The van der Waals surface area contributed by atoms with E-state index in [2.05, 4.69) is 5.32 Å². The summed E-state index contributed by atoms with van der Waals surface area (Å²) in [5.41, 5.74) is 2.04. The number of benzene rings is 2. The average Bonchev–Trinajstić information content (AvgIpc) is 3.52. The smallest absolute Gasteiger partial charge is 0.224 e. The molecule has 0 radical (unpaired) electrons. The Morgan fingerprint density at radius 1 is 1.07 bits per heavy atom. The summed E-state index contributed by atoms with van der Waals surface area (Å²) in [4.78, 5) is 12.5. The minimum absolute atomic E-state index is 0.0185. The zero-order valence-corrected chi connectivity index (χ0v) is 17.3. The van der Waals surface area contributed by atoms with Crippen molar-refractivity contribution < 1.29 is 17.9 Å². The molecule has 0 spiro atoms. The minimum atomic E-state index is -3.24. The van der Waals surface area contributed by atoms with Crippen molar-refractivity contribution in [2.75, 3.05) is 18.9 Å². The van der Waals surface area contributed by atoms with Crippen molar-refractivity contribution in [1.29, 1.82) is 0 Å². The summed E-state index contributed by atoms with van der Waals surface area (Å²) in [7, 11) is -3.24. The van der Waals surface area contributed by atoms with E-state index in [1.165, 1.54) is 0 Å². The third kappa shape index (κ3) is 5.18. The van der Waals surface area contributed by atoms with Crippen LogP contribution in [0.1, 0.15) is 42.7 Å². The van der Waals surface area contributed by atoms with Crippen LogP contribution in [0.3, 0.4) is 0 Å². The lowest BCUT2D eigenvalue weighted by Crippen LogP contribution is -2.28. The Morgan fingerprint density at radius 2 is 1.86 bits per heavy atom. The molecule has 1 amide bonds. The van der Waals surface area contributed by atoms with Gasteiger partial charge in [0.1, 0.15) is 5.75 Å². The van der Waals surface area contributed by atoms with Crippen LogP contribution in [0.15, 0.2) is 53.4 Å². The monoisotopic (exact) mass is 413 g/mol. The summed E-state index contributed by atoms with van der Waals surface area (Å²) in [5, 5.41) is 3.00. The Bertz CT molecular complexity index is 968. The lowest BCUT2D eigenvalue weighted by Gasteiger charge is -2.26. The lowest BCUT2D eigenvalue weighted by atomic mass is 9.90. The molecule has 29 heavy (non-hydrogen) atoms. The standard InChI is InChI=1S/C23H27NO4S/c25-23(14-17-4-2-1-3-5-17)24-12-10-19-11-13-28-22-15-20(8-9-21(19)22)29(26,27)16-18-6-7-18/h1-5,8-9,15,18-19H,6-7,10-14,16H2,(H,24,25). The summed E-state index contributed by atoms with van der Waals surface area (Å²) in [6, 6.07) is 15.0. The first kappa shape index (κ1) is 20.0. The number of fused-ring (bicyclic) bond motifs is 1. The molecular weight excluding hydrogens is 386 g/mol. The fourth-order valence-corrected chi connectivity index (χ4v) is 5.57. The number of carbonyl (C=O) groups excluding carboxylic acids is 1. The van der Waals surface area contributed by atoms with Crippen molar-refractivity contribution in [3.8, 4) is 5.75 Å². The van der Waals surface area contributed by atoms with Crippen LogP contribution in [0.2, 0.25) is 0 Å². The summed E-state index contributed by atoms with van der Waals surface area (Å²) >= 11 is 0. The van der Waals surface area contributed by atoms with Gasteiger partial charge in [-0.25, -0.2) is 8.42 Å². The number of sulfone groups is 1. The van der Waals surface area contributed by atoms with Gasteiger partial charge in [0.15, 0.2) is 9.84 Å². The van der Waals surface area contributed by atoms with Crippen molar-refractivity contribution in [3.05, 3.63) is 59.7 Å². The molecule has 1 aliphatic carbocycles. The van der Waals surface area contributed by atoms with E-state index in [4.69, 9.17) is 4.74 Å². The van der Waals surface area contributed by atoms with Crippen molar-refractivity contribution in [3.63, 3.8) is 0 Å². The maximum atomic E-state index is 12.5. The van der Waals surface area contributed by atoms with Gasteiger partial charge < -0.3 is 10.1 Å². The van der Waals surface area contributed by atoms with Crippen molar-refractivity contribution in [1.82, 2.24) is 5.32 Å². The van der Waals surface area contributed by atoms with Gasteiger partial charge in [0.05, 0.1) is 23.7 Å². The van der Waals surface area contributed by atoms with Gasteiger partial charge in [-0.15, -0.1) is 0 Å². The zero-order chi connectivity index (χ0) is 20.3. The van der Waals surface area contributed by atoms with E-state index in [1.807, 2.05) is 36.4 Å². The molecule has 1 fully saturated rings. The molecule has 1 heterocycles. The molecule has 0 aromatic heterocycles. The minimum Gasteiger partial charge on any atom is -0.493 e. The largest absolute Gasteiger partial charge is 0.493 e. The highest BCUT2D eigenvalue weighted by Gasteiger charge is 2.30. The molecule has 2 aromatic carbocycles. The number of carbonyl (C=O) groups is 1. The second-order valence-electron chi connectivity index (χ2n) is 8.06. The maximum Gasteiger partial charge on any atom is 0.224 e. The first-order chi connectivity index (χ1) is 14.0. The van der Waals surface area contributed by atoms with Crippen molar-refractivity contribution in [2.24, 2.45) is 5.92 Å². The number of nitrogens with one attached hydrogen (secondary N) is 1. The Labute approximate surface area is 172 Å². The van der Waals surface area contributed by atoms with E-state index < -0.39 is 9.84 Å². The van der Waals surface area contributed by atoms with Gasteiger partial charge >= 0.3 is 0 Å². The Hall–Kier alpha value is -2.34. The Kier molecular flexibility index (Phi) is 5.90. The number of rotatable bonds is 8. The molecular formula is C23H27NO4S. The van der Waals surface area contributed by atoms with Gasteiger partial charge in [-0.05, 0) is 60.8 Å². The number of hydrogen-bond donors (Lipinski definition) is 1.